The van der Waals surface area contributed by atoms with E-state index in [0.717, 1.165) is 0 Å². The highest BCUT2D eigenvalue weighted by molar-refractivity contribution is 8.09. The zero-order chi connectivity index (χ0) is 9.95. The third-order valence-electron chi connectivity index (χ3n) is 1.70. The lowest BCUT2D eigenvalue weighted by atomic mass is 9.97. The van der Waals surface area contributed by atoms with Gasteiger partial charge in [-0.05, 0) is 11.8 Å². The zero-order valence-corrected chi connectivity index (χ0v) is 9.79. The van der Waals surface area contributed by atoms with Crippen molar-refractivity contribution < 1.29 is 9.05 Å². The van der Waals surface area contributed by atoms with Crippen molar-refractivity contribution in [1.29, 1.82) is 0 Å². The second-order valence-electron chi connectivity index (χ2n) is 3.91. The van der Waals surface area contributed by atoms with Crippen molar-refractivity contribution in [3.8, 4) is 0 Å². The summed E-state index contributed by atoms with van der Waals surface area (Å²) < 4.78 is 11.0. The van der Waals surface area contributed by atoms with E-state index in [1.807, 2.05) is 0 Å². The van der Waals surface area contributed by atoms with Gasteiger partial charge in [-0.3, -0.25) is 0 Å². The molecule has 1 rings (SSSR count). The molecule has 1 fully saturated rings. The molecule has 4 nitrogen and oxygen atoms in total. The maximum absolute atomic E-state index is 5.52. The van der Waals surface area contributed by atoms with E-state index >= 15 is 0 Å². The van der Waals surface area contributed by atoms with Crippen molar-refractivity contribution in [2.45, 2.75) is 13.8 Å². The third kappa shape index (κ3) is 3.62. The Morgan fingerprint density at radius 1 is 1.46 bits per heavy atom. The van der Waals surface area contributed by atoms with E-state index in [9.17, 15) is 0 Å². The van der Waals surface area contributed by atoms with E-state index in [4.69, 9.17) is 26.6 Å². The standard InChI is InChI=1S/C7H17N2O2PS/c1-7(2)5-10-12(13,11-6-7)9-4-3-8/h3-6,8H2,1-2H3,(H,9,13). The first-order valence-corrected chi connectivity index (χ1v) is 6.96. The molecule has 1 aliphatic heterocycles. The Labute approximate surface area is 84.4 Å². The summed E-state index contributed by atoms with van der Waals surface area (Å²) in [6.07, 6.45) is 0. The number of hydrogen-bond acceptors (Lipinski definition) is 4. The molecule has 1 saturated heterocycles. The third-order valence-corrected chi connectivity index (χ3v) is 4.27. The molecule has 0 atom stereocenters. The average molecular weight is 224 g/mol. The first-order valence-electron chi connectivity index (χ1n) is 4.32. The van der Waals surface area contributed by atoms with E-state index in [2.05, 4.69) is 18.9 Å². The highest BCUT2D eigenvalue weighted by Gasteiger charge is 2.32. The summed E-state index contributed by atoms with van der Waals surface area (Å²) in [5.74, 6) is 0. The Bertz CT molecular complexity index is 209. The van der Waals surface area contributed by atoms with Crippen LogP contribution in [0.3, 0.4) is 0 Å². The van der Waals surface area contributed by atoms with Gasteiger partial charge in [0.15, 0.2) is 0 Å². The topological polar surface area (TPSA) is 56.5 Å². The summed E-state index contributed by atoms with van der Waals surface area (Å²) in [5, 5.41) is 3.04. The minimum Gasteiger partial charge on any atom is -0.329 e. The van der Waals surface area contributed by atoms with Gasteiger partial charge in [0.1, 0.15) is 0 Å². The van der Waals surface area contributed by atoms with E-state index in [1.165, 1.54) is 0 Å². The second-order valence-corrected chi connectivity index (χ2v) is 7.18. The first kappa shape index (κ1) is 11.6. The van der Waals surface area contributed by atoms with Crippen LogP contribution in [0.2, 0.25) is 0 Å². The second kappa shape index (κ2) is 4.34. The quantitative estimate of drug-likeness (QED) is 0.695. The van der Waals surface area contributed by atoms with Crippen LogP contribution in [-0.4, -0.2) is 26.3 Å². The van der Waals surface area contributed by atoms with Crippen LogP contribution in [0.4, 0.5) is 0 Å². The lowest BCUT2D eigenvalue weighted by molar-refractivity contribution is 0.0567. The van der Waals surface area contributed by atoms with Crippen molar-refractivity contribution >= 4 is 18.4 Å². The zero-order valence-electron chi connectivity index (χ0n) is 8.08. The fraction of sp³-hybridized carbons (Fsp3) is 1.00. The molecule has 0 aromatic carbocycles. The van der Waals surface area contributed by atoms with Gasteiger partial charge in [-0.25, -0.2) is 5.09 Å². The van der Waals surface area contributed by atoms with Gasteiger partial charge in [0.2, 0.25) is 0 Å². The van der Waals surface area contributed by atoms with Crippen LogP contribution in [0.25, 0.3) is 0 Å². The molecule has 0 spiro atoms. The highest BCUT2D eigenvalue weighted by Crippen LogP contribution is 2.49. The molecule has 0 radical (unpaired) electrons. The minimum atomic E-state index is -2.21. The molecule has 0 unspecified atom stereocenters. The Kier molecular flexibility index (Phi) is 3.86. The summed E-state index contributed by atoms with van der Waals surface area (Å²) in [6.45, 7) is 4.49. The van der Waals surface area contributed by atoms with Crippen LogP contribution in [-0.2, 0) is 20.9 Å². The maximum atomic E-state index is 5.52. The van der Waals surface area contributed by atoms with E-state index < -0.39 is 6.64 Å². The number of hydrogen-bond donors (Lipinski definition) is 2. The summed E-state index contributed by atoms with van der Waals surface area (Å²) >= 11 is 5.22. The Morgan fingerprint density at radius 3 is 2.46 bits per heavy atom. The normalized spacial score (nSPS) is 25.8. The molecular formula is C7H17N2O2PS. The van der Waals surface area contributed by atoms with Crippen molar-refractivity contribution in [3.63, 3.8) is 0 Å². The molecule has 13 heavy (non-hydrogen) atoms. The number of nitrogens with one attached hydrogen (secondary N) is 1. The number of rotatable bonds is 3. The number of nitrogens with two attached hydrogens (primary N) is 1. The van der Waals surface area contributed by atoms with Gasteiger partial charge in [0.05, 0.1) is 13.2 Å². The smallest absolute Gasteiger partial charge is 0.261 e. The van der Waals surface area contributed by atoms with Crippen LogP contribution in [0.5, 0.6) is 0 Å². The lowest BCUT2D eigenvalue weighted by Crippen LogP contribution is -2.34. The van der Waals surface area contributed by atoms with Crippen molar-refractivity contribution in [2.75, 3.05) is 26.3 Å². The Balaban J connectivity index is 2.42. The molecule has 0 bridgehead atoms. The van der Waals surface area contributed by atoms with Gasteiger partial charge in [0, 0.05) is 18.5 Å². The molecule has 0 aromatic rings. The van der Waals surface area contributed by atoms with E-state index in [0.29, 0.717) is 26.3 Å². The molecular weight excluding hydrogens is 207 g/mol. The average Bonchev–Trinajstić information content (AvgIpc) is 2.08. The summed E-state index contributed by atoms with van der Waals surface area (Å²) in [6, 6.07) is 0. The van der Waals surface area contributed by atoms with Gasteiger partial charge in [0.25, 0.3) is 6.64 Å². The summed E-state index contributed by atoms with van der Waals surface area (Å²) in [4.78, 5) is 0. The molecule has 0 aliphatic carbocycles. The summed E-state index contributed by atoms with van der Waals surface area (Å²) in [7, 11) is 0. The van der Waals surface area contributed by atoms with Gasteiger partial charge in [-0.1, -0.05) is 13.8 Å². The molecule has 1 aliphatic rings. The SMILES string of the molecule is CC1(C)COP(=S)(NCCN)OC1. The summed E-state index contributed by atoms with van der Waals surface area (Å²) in [5.41, 5.74) is 5.43. The van der Waals surface area contributed by atoms with Crippen molar-refractivity contribution in [1.82, 2.24) is 5.09 Å². The molecule has 78 valence electrons. The fourth-order valence-electron chi connectivity index (χ4n) is 0.891. The molecule has 0 amide bonds. The Morgan fingerprint density at radius 2 is 2.00 bits per heavy atom. The van der Waals surface area contributed by atoms with Gasteiger partial charge < -0.3 is 14.8 Å². The van der Waals surface area contributed by atoms with Crippen LogP contribution in [0, 0.1) is 5.41 Å². The van der Waals surface area contributed by atoms with Gasteiger partial charge in [-0.15, -0.1) is 0 Å². The lowest BCUT2D eigenvalue weighted by Gasteiger charge is -2.36. The fourth-order valence-corrected chi connectivity index (χ4v) is 3.18. The maximum Gasteiger partial charge on any atom is 0.261 e. The molecule has 6 heteroatoms. The monoisotopic (exact) mass is 224 g/mol. The molecule has 0 aromatic heterocycles. The highest BCUT2D eigenvalue weighted by atomic mass is 32.5. The first-order chi connectivity index (χ1) is 5.97. The predicted octanol–water partition coefficient (Wildman–Crippen LogP) is 0.832. The van der Waals surface area contributed by atoms with E-state index in [-0.39, 0.29) is 5.41 Å². The minimum absolute atomic E-state index is 0.0761. The largest absolute Gasteiger partial charge is 0.329 e. The van der Waals surface area contributed by atoms with Crippen LogP contribution < -0.4 is 10.8 Å². The Hall–Kier alpha value is 0.490. The van der Waals surface area contributed by atoms with Crippen LogP contribution in [0.1, 0.15) is 13.8 Å². The van der Waals surface area contributed by atoms with Gasteiger partial charge in [-0.2, -0.15) is 0 Å². The van der Waals surface area contributed by atoms with Crippen molar-refractivity contribution in [2.24, 2.45) is 11.1 Å². The van der Waals surface area contributed by atoms with Gasteiger partial charge >= 0.3 is 0 Å². The molecule has 1 heterocycles. The van der Waals surface area contributed by atoms with Crippen molar-refractivity contribution in [3.05, 3.63) is 0 Å². The van der Waals surface area contributed by atoms with E-state index in [1.54, 1.807) is 0 Å². The van der Waals surface area contributed by atoms with Crippen LogP contribution >= 0.6 is 6.64 Å². The predicted molar refractivity (Wildman–Crippen MR) is 57.0 cm³/mol. The molecule has 3 N–H and O–H groups in total. The van der Waals surface area contributed by atoms with Crippen LogP contribution in [0.15, 0.2) is 0 Å². The molecule has 0 saturated carbocycles.